The van der Waals surface area contributed by atoms with E-state index in [2.05, 4.69) is 10.00 Å². The van der Waals surface area contributed by atoms with Crippen molar-refractivity contribution >= 4 is 39.6 Å². The number of amides is 1. The maximum atomic E-state index is 13.3. The molecule has 12 heteroatoms. The van der Waals surface area contributed by atoms with Gasteiger partial charge in [0.25, 0.3) is 0 Å². The van der Waals surface area contributed by atoms with Crippen molar-refractivity contribution in [3.05, 3.63) is 42.2 Å². The number of methoxy groups -OCH3 is 1. The molecule has 4 aromatic rings. The summed E-state index contributed by atoms with van der Waals surface area (Å²) in [5.74, 6) is 0.254. The highest BCUT2D eigenvalue weighted by Crippen LogP contribution is 2.35. The Morgan fingerprint density at radius 1 is 1.02 bits per heavy atom. The van der Waals surface area contributed by atoms with Crippen LogP contribution in [0.1, 0.15) is 52.0 Å². The van der Waals surface area contributed by atoms with Crippen molar-refractivity contribution in [3.63, 3.8) is 0 Å². The molecule has 1 aliphatic heterocycles. The van der Waals surface area contributed by atoms with Crippen molar-refractivity contribution in [1.29, 1.82) is 0 Å². The average Bonchev–Trinajstić information content (AvgIpc) is 3.32. The van der Waals surface area contributed by atoms with E-state index < -0.39 is 11.6 Å². The second-order valence-corrected chi connectivity index (χ2v) is 12.1. The molecule has 234 valence electrons. The minimum atomic E-state index is -0.575. The van der Waals surface area contributed by atoms with E-state index in [1.165, 1.54) is 0 Å². The third kappa shape index (κ3) is 6.40. The number of piperazine rings is 1. The van der Waals surface area contributed by atoms with Crippen LogP contribution in [0.2, 0.25) is 0 Å². The van der Waals surface area contributed by atoms with Gasteiger partial charge >= 0.3 is 12.1 Å². The van der Waals surface area contributed by atoms with Gasteiger partial charge in [-0.1, -0.05) is 0 Å². The maximum absolute atomic E-state index is 13.3. The molecule has 44 heavy (non-hydrogen) atoms. The molecule has 0 spiro atoms. The number of anilines is 1. The highest BCUT2D eigenvalue weighted by molar-refractivity contribution is 6.03. The number of esters is 1. The second-order valence-electron chi connectivity index (χ2n) is 12.1. The van der Waals surface area contributed by atoms with E-state index in [-0.39, 0.29) is 37.3 Å². The molecule has 0 unspecified atom stereocenters. The van der Waals surface area contributed by atoms with E-state index in [9.17, 15) is 9.59 Å². The number of hydrogen-bond acceptors (Lipinski definition) is 10. The van der Waals surface area contributed by atoms with E-state index >= 15 is 0 Å². The van der Waals surface area contributed by atoms with Gasteiger partial charge in [-0.15, -0.1) is 0 Å². The standard InChI is InChI=1S/C32H40N6O6/c1-9-42-30(39)28-23-13-22(37-15-19(2)38(20(3)16-37)31(40)44-32(4,5)6)10-11-25(23)33-29(34-28)24-12-21-17-36(7)35-26(21)14-27(24)43-18-41-8/h10-14,17,19-20H,9,15-16,18H2,1-8H3/t19-,20-/m0/s1. The van der Waals surface area contributed by atoms with Gasteiger partial charge in [0.2, 0.25) is 0 Å². The molecule has 1 aliphatic rings. The van der Waals surface area contributed by atoms with Gasteiger partial charge in [0.05, 0.1) is 35.3 Å². The number of fused-ring (bicyclic) bond motifs is 2. The quantitative estimate of drug-likeness (QED) is 0.206. The van der Waals surface area contributed by atoms with Gasteiger partial charge in [-0.2, -0.15) is 5.10 Å². The molecule has 0 N–H and O–H groups in total. The number of carbonyl (C=O) groups is 2. The summed E-state index contributed by atoms with van der Waals surface area (Å²) >= 11 is 0. The van der Waals surface area contributed by atoms with E-state index in [1.807, 2.05) is 78.2 Å². The summed E-state index contributed by atoms with van der Waals surface area (Å²) in [6.45, 7) is 12.8. The number of benzene rings is 2. The Labute approximate surface area is 256 Å². The Bertz CT molecular complexity index is 1680. The summed E-state index contributed by atoms with van der Waals surface area (Å²) in [5, 5.41) is 5.92. The second kappa shape index (κ2) is 12.3. The molecule has 12 nitrogen and oxygen atoms in total. The third-order valence-corrected chi connectivity index (χ3v) is 7.33. The van der Waals surface area contributed by atoms with Gasteiger partial charge < -0.3 is 23.8 Å². The number of nitrogens with zero attached hydrogens (tertiary/aromatic N) is 6. The Morgan fingerprint density at radius 3 is 2.41 bits per heavy atom. The molecule has 2 aromatic carbocycles. The van der Waals surface area contributed by atoms with E-state index in [4.69, 9.17) is 28.9 Å². The minimum Gasteiger partial charge on any atom is -0.467 e. The molecule has 5 rings (SSSR count). The van der Waals surface area contributed by atoms with Gasteiger partial charge in [0, 0.05) is 56.0 Å². The zero-order valence-corrected chi connectivity index (χ0v) is 26.6. The zero-order chi connectivity index (χ0) is 31.8. The molecule has 1 fully saturated rings. The number of aryl methyl sites for hydroxylation is 1. The van der Waals surface area contributed by atoms with Crippen LogP contribution in [-0.2, 0) is 21.3 Å². The van der Waals surface area contributed by atoms with Gasteiger partial charge in [0.15, 0.2) is 18.3 Å². The smallest absolute Gasteiger partial charge is 0.410 e. The van der Waals surface area contributed by atoms with Gasteiger partial charge in [-0.25, -0.2) is 19.6 Å². The lowest BCUT2D eigenvalue weighted by Crippen LogP contribution is -2.59. The number of hydrogen-bond donors (Lipinski definition) is 0. The first-order valence-electron chi connectivity index (χ1n) is 14.7. The molecular formula is C32H40N6O6. The van der Waals surface area contributed by atoms with Crippen LogP contribution in [0.15, 0.2) is 36.5 Å². The molecule has 0 bridgehead atoms. The zero-order valence-electron chi connectivity index (χ0n) is 26.6. The molecule has 0 radical (unpaired) electrons. The first-order chi connectivity index (χ1) is 20.9. The lowest BCUT2D eigenvalue weighted by molar-refractivity contribution is 0.00563. The molecule has 0 aliphatic carbocycles. The third-order valence-electron chi connectivity index (χ3n) is 7.33. The van der Waals surface area contributed by atoms with Crippen molar-refractivity contribution in [2.45, 2.75) is 59.2 Å². The summed E-state index contributed by atoms with van der Waals surface area (Å²) in [6.07, 6.45) is 1.57. The van der Waals surface area contributed by atoms with E-state index in [0.717, 1.165) is 16.6 Å². The molecule has 3 heterocycles. The average molecular weight is 605 g/mol. The molecule has 1 saturated heterocycles. The van der Waals surface area contributed by atoms with Crippen LogP contribution in [0.3, 0.4) is 0 Å². The lowest BCUT2D eigenvalue weighted by Gasteiger charge is -2.45. The van der Waals surface area contributed by atoms with E-state index in [1.54, 1.807) is 23.6 Å². The van der Waals surface area contributed by atoms with E-state index in [0.29, 0.717) is 41.1 Å². The SMILES string of the molecule is CCOC(=O)c1nc(-c2cc3cn(C)nc3cc2OCOC)nc2ccc(N3C[C@H](C)N(C(=O)OC(C)(C)C)[C@@H](C)C3)cc12. The fourth-order valence-corrected chi connectivity index (χ4v) is 5.59. The van der Waals surface area contributed by atoms with Gasteiger partial charge in [-0.3, -0.25) is 9.58 Å². The largest absolute Gasteiger partial charge is 0.467 e. The molecule has 2 atom stereocenters. The van der Waals surface area contributed by atoms with Gasteiger partial charge in [0.1, 0.15) is 11.4 Å². The molecular weight excluding hydrogens is 564 g/mol. The lowest BCUT2D eigenvalue weighted by atomic mass is 10.1. The van der Waals surface area contributed by atoms with Crippen LogP contribution in [0, 0.1) is 0 Å². The van der Waals surface area contributed by atoms with Crippen molar-refractivity contribution in [3.8, 4) is 17.1 Å². The van der Waals surface area contributed by atoms with Crippen LogP contribution in [0.25, 0.3) is 33.2 Å². The fourth-order valence-electron chi connectivity index (χ4n) is 5.59. The predicted molar refractivity (Wildman–Crippen MR) is 167 cm³/mol. The van der Waals surface area contributed by atoms with Crippen LogP contribution in [0.5, 0.6) is 5.75 Å². The Kier molecular flexibility index (Phi) is 8.64. The molecule has 0 saturated carbocycles. The van der Waals surface area contributed by atoms with Crippen molar-refractivity contribution in [2.24, 2.45) is 7.05 Å². The first-order valence-corrected chi connectivity index (χ1v) is 14.7. The summed E-state index contributed by atoms with van der Waals surface area (Å²) in [4.78, 5) is 39.8. The number of ether oxygens (including phenoxy) is 4. The van der Waals surface area contributed by atoms with Crippen LogP contribution in [0.4, 0.5) is 10.5 Å². The van der Waals surface area contributed by atoms with Crippen molar-refractivity contribution < 1.29 is 28.5 Å². The monoisotopic (exact) mass is 604 g/mol. The highest BCUT2D eigenvalue weighted by Gasteiger charge is 2.36. The first kappa shape index (κ1) is 31.0. The Hall–Kier alpha value is -4.45. The maximum Gasteiger partial charge on any atom is 0.410 e. The molecule has 2 aromatic heterocycles. The number of aromatic nitrogens is 4. The Balaban J connectivity index is 1.55. The topological polar surface area (TPSA) is 121 Å². The van der Waals surface area contributed by atoms with Crippen molar-refractivity contribution in [1.82, 2.24) is 24.6 Å². The summed E-state index contributed by atoms with van der Waals surface area (Å²) in [6, 6.07) is 9.28. The van der Waals surface area contributed by atoms with Crippen LogP contribution in [-0.4, -0.2) is 88.0 Å². The summed E-state index contributed by atoms with van der Waals surface area (Å²) < 4.78 is 23.8. The fraction of sp³-hybridized carbons (Fsp3) is 0.469. The Morgan fingerprint density at radius 2 is 1.75 bits per heavy atom. The minimum absolute atomic E-state index is 0.0189. The normalized spacial score (nSPS) is 17.3. The predicted octanol–water partition coefficient (Wildman–Crippen LogP) is 5.18. The molecule has 1 amide bonds. The summed E-state index contributed by atoms with van der Waals surface area (Å²) in [5.41, 5.74) is 2.40. The number of rotatable bonds is 7. The summed E-state index contributed by atoms with van der Waals surface area (Å²) in [7, 11) is 3.39. The van der Waals surface area contributed by atoms with Crippen LogP contribution < -0.4 is 9.64 Å². The van der Waals surface area contributed by atoms with Crippen LogP contribution >= 0.6 is 0 Å². The van der Waals surface area contributed by atoms with Crippen molar-refractivity contribution in [2.75, 3.05) is 38.5 Å². The highest BCUT2D eigenvalue weighted by atomic mass is 16.7. The van der Waals surface area contributed by atoms with Gasteiger partial charge in [-0.05, 0) is 65.8 Å². The number of carbonyl (C=O) groups excluding carboxylic acids is 2.